The van der Waals surface area contributed by atoms with Crippen LogP contribution in [0, 0.1) is 5.82 Å². The molecule has 3 amide bonds. The minimum Gasteiger partial charge on any atom is -0.383 e. The SMILES string of the molecule is COCCN(CC(=O)N(CCc1c[nH]c2ccccc12)Cc1ccc(F)cc1)C(=O)N(C)C. The van der Waals surface area contributed by atoms with Gasteiger partial charge in [-0.05, 0) is 35.7 Å². The molecule has 0 aliphatic rings. The molecule has 0 radical (unpaired) electrons. The number of halogens is 1. The number of H-pyrrole nitrogens is 1. The van der Waals surface area contributed by atoms with Gasteiger partial charge in [-0.1, -0.05) is 30.3 Å². The zero-order valence-electron chi connectivity index (χ0n) is 19.4. The van der Waals surface area contributed by atoms with Crippen LogP contribution < -0.4 is 0 Å². The van der Waals surface area contributed by atoms with Crippen molar-refractivity contribution in [1.82, 2.24) is 19.7 Å². The number of fused-ring (bicyclic) bond motifs is 1. The molecule has 3 aromatic rings. The lowest BCUT2D eigenvalue weighted by Gasteiger charge is -2.29. The van der Waals surface area contributed by atoms with E-state index < -0.39 is 0 Å². The van der Waals surface area contributed by atoms with Gasteiger partial charge in [0.25, 0.3) is 0 Å². The zero-order chi connectivity index (χ0) is 23.8. The molecule has 1 N–H and O–H groups in total. The largest absolute Gasteiger partial charge is 0.383 e. The summed E-state index contributed by atoms with van der Waals surface area (Å²) in [6, 6.07) is 13.9. The monoisotopic (exact) mass is 454 g/mol. The van der Waals surface area contributed by atoms with Gasteiger partial charge < -0.3 is 24.4 Å². The highest BCUT2D eigenvalue weighted by Crippen LogP contribution is 2.19. The van der Waals surface area contributed by atoms with Crippen LogP contribution in [0.2, 0.25) is 0 Å². The number of hydrogen-bond acceptors (Lipinski definition) is 3. The van der Waals surface area contributed by atoms with Crippen molar-refractivity contribution in [2.24, 2.45) is 0 Å². The quantitative estimate of drug-likeness (QED) is 0.510. The van der Waals surface area contributed by atoms with Gasteiger partial charge in [0.1, 0.15) is 12.4 Å². The second-order valence-electron chi connectivity index (χ2n) is 8.14. The average Bonchev–Trinajstić information content (AvgIpc) is 3.23. The molecule has 8 heteroatoms. The van der Waals surface area contributed by atoms with E-state index in [1.54, 1.807) is 38.2 Å². The minimum absolute atomic E-state index is 0.0601. The van der Waals surface area contributed by atoms with Crippen molar-refractivity contribution in [3.05, 3.63) is 71.7 Å². The fourth-order valence-electron chi connectivity index (χ4n) is 3.69. The first-order valence-corrected chi connectivity index (χ1v) is 10.9. The van der Waals surface area contributed by atoms with Crippen LogP contribution >= 0.6 is 0 Å². The fourth-order valence-corrected chi connectivity index (χ4v) is 3.69. The Morgan fingerprint density at radius 3 is 2.42 bits per heavy atom. The number of ether oxygens (including phenoxy) is 1. The Kier molecular flexibility index (Phi) is 8.43. The van der Waals surface area contributed by atoms with Gasteiger partial charge >= 0.3 is 6.03 Å². The molecule has 0 saturated carbocycles. The van der Waals surface area contributed by atoms with Crippen molar-refractivity contribution in [3.8, 4) is 0 Å². The van der Waals surface area contributed by atoms with Crippen LogP contribution in [0.1, 0.15) is 11.1 Å². The number of benzene rings is 2. The summed E-state index contributed by atoms with van der Waals surface area (Å²) in [7, 11) is 4.86. The molecule has 7 nitrogen and oxygen atoms in total. The third kappa shape index (κ3) is 6.55. The molecule has 0 atom stereocenters. The normalized spacial score (nSPS) is 10.9. The van der Waals surface area contributed by atoms with Crippen LogP contribution in [0.3, 0.4) is 0 Å². The van der Waals surface area contributed by atoms with E-state index >= 15 is 0 Å². The highest BCUT2D eigenvalue weighted by atomic mass is 19.1. The Morgan fingerprint density at radius 2 is 1.73 bits per heavy atom. The lowest BCUT2D eigenvalue weighted by atomic mass is 10.1. The predicted molar refractivity (Wildman–Crippen MR) is 126 cm³/mol. The van der Waals surface area contributed by atoms with Gasteiger partial charge in [-0.2, -0.15) is 0 Å². The average molecular weight is 455 g/mol. The van der Waals surface area contributed by atoms with Crippen LogP contribution in [0.25, 0.3) is 10.9 Å². The van der Waals surface area contributed by atoms with Gasteiger partial charge in [-0.3, -0.25) is 4.79 Å². The zero-order valence-corrected chi connectivity index (χ0v) is 19.4. The van der Waals surface area contributed by atoms with E-state index in [1.807, 2.05) is 24.4 Å². The van der Waals surface area contributed by atoms with Crippen molar-refractivity contribution < 1.29 is 18.7 Å². The molecular weight excluding hydrogens is 423 g/mol. The van der Waals surface area contributed by atoms with Crippen LogP contribution in [-0.2, 0) is 22.5 Å². The molecular formula is C25H31FN4O3. The molecule has 0 aliphatic heterocycles. The Morgan fingerprint density at radius 1 is 1.00 bits per heavy atom. The van der Waals surface area contributed by atoms with E-state index in [0.717, 1.165) is 22.0 Å². The van der Waals surface area contributed by atoms with E-state index in [0.29, 0.717) is 32.7 Å². The van der Waals surface area contributed by atoms with E-state index in [4.69, 9.17) is 4.74 Å². The molecule has 176 valence electrons. The molecule has 0 unspecified atom stereocenters. The summed E-state index contributed by atoms with van der Waals surface area (Å²) in [5.41, 5.74) is 2.99. The standard InChI is InChI=1S/C25H31FN4O3/c1-28(2)25(32)30(14-15-33-3)18-24(31)29(17-19-8-10-21(26)11-9-19)13-12-20-16-27-23-7-5-4-6-22(20)23/h4-11,16,27H,12-15,17-18H2,1-3H3. The molecule has 0 fully saturated rings. The molecule has 3 rings (SSSR count). The topological polar surface area (TPSA) is 68.9 Å². The number of nitrogens with zero attached hydrogens (tertiary/aromatic N) is 3. The number of carbonyl (C=O) groups excluding carboxylic acids is 2. The minimum atomic E-state index is -0.322. The molecule has 1 heterocycles. The number of aromatic amines is 1. The smallest absolute Gasteiger partial charge is 0.320 e. The van der Waals surface area contributed by atoms with E-state index in [-0.39, 0.29) is 24.3 Å². The number of amides is 3. The Bertz CT molecular complexity index is 1060. The highest BCUT2D eigenvalue weighted by Gasteiger charge is 2.23. The van der Waals surface area contributed by atoms with Gasteiger partial charge in [0.15, 0.2) is 0 Å². The van der Waals surface area contributed by atoms with Gasteiger partial charge in [-0.25, -0.2) is 9.18 Å². The van der Waals surface area contributed by atoms with E-state index in [1.165, 1.54) is 21.9 Å². The second-order valence-corrected chi connectivity index (χ2v) is 8.14. The maximum atomic E-state index is 13.4. The van der Waals surface area contributed by atoms with Crippen LogP contribution in [-0.4, -0.2) is 79.1 Å². The lowest BCUT2D eigenvalue weighted by molar-refractivity contribution is -0.132. The summed E-state index contributed by atoms with van der Waals surface area (Å²) in [6.07, 6.45) is 2.61. The number of nitrogens with one attached hydrogen (secondary N) is 1. The van der Waals surface area contributed by atoms with Crippen molar-refractivity contribution in [2.75, 3.05) is 47.4 Å². The second kappa shape index (κ2) is 11.5. The van der Waals surface area contributed by atoms with E-state index in [2.05, 4.69) is 11.1 Å². The summed E-state index contributed by atoms with van der Waals surface area (Å²) in [5.74, 6) is -0.497. The number of para-hydroxylation sites is 1. The first-order chi connectivity index (χ1) is 15.9. The first kappa shape index (κ1) is 24.3. The van der Waals surface area contributed by atoms with Gasteiger partial charge in [-0.15, -0.1) is 0 Å². The number of aromatic nitrogens is 1. The third-order valence-corrected chi connectivity index (χ3v) is 5.51. The molecule has 33 heavy (non-hydrogen) atoms. The maximum Gasteiger partial charge on any atom is 0.320 e. The molecule has 2 aromatic carbocycles. The summed E-state index contributed by atoms with van der Waals surface area (Å²) in [5, 5.41) is 1.12. The van der Waals surface area contributed by atoms with Crippen molar-refractivity contribution >= 4 is 22.8 Å². The van der Waals surface area contributed by atoms with Crippen molar-refractivity contribution in [2.45, 2.75) is 13.0 Å². The number of methoxy groups -OCH3 is 1. The number of rotatable bonds is 10. The summed E-state index contributed by atoms with van der Waals surface area (Å²) in [4.78, 5) is 33.8. The summed E-state index contributed by atoms with van der Waals surface area (Å²) >= 11 is 0. The number of urea groups is 1. The first-order valence-electron chi connectivity index (χ1n) is 10.9. The summed E-state index contributed by atoms with van der Waals surface area (Å²) < 4.78 is 18.5. The van der Waals surface area contributed by atoms with Gasteiger partial charge in [0.2, 0.25) is 5.91 Å². The van der Waals surface area contributed by atoms with Crippen LogP contribution in [0.15, 0.2) is 54.7 Å². The van der Waals surface area contributed by atoms with Crippen molar-refractivity contribution in [3.63, 3.8) is 0 Å². The number of hydrogen-bond donors (Lipinski definition) is 1. The molecule has 0 saturated heterocycles. The Labute approximate surface area is 193 Å². The van der Waals surface area contributed by atoms with Crippen molar-refractivity contribution in [1.29, 1.82) is 0 Å². The number of carbonyl (C=O) groups is 2. The van der Waals surface area contributed by atoms with E-state index in [9.17, 15) is 14.0 Å². The van der Waals surface area contributed by atoms with Crippen LogP contribution in [0.5, 0.6) is 0 Å². The third-order valence-electron chi connectivity index (χ3n) is 5.51. The Hall–Kier alpha value is -3.39. The molecule has 0 aliphatic carbocycles. The Balaban J connectivity index is 1.77. The summed E-state index contributed by atoms with van der Waals surface area (Å²) in [6.45, 7) is 1.38. The lowest BCUT2D eigenvalue weighted by Crippen LogP contribution is -2.47. The molecule has 1 aromatic heterocycles. The maximum absolute atomic E-state index is 13.4. The molecule has 0 bridgehead atoms. The van der Waals surface area contributed by atoms with Crippen LogP contribution in [0.4, 0.5) is 9.18 Å². The molecule has 0 spiro atoms. The van der Waals surface area contributed by atoms with Gasteiger partial charge in [0.05, 0.1) is 6.61 Å². The predicted octanol–water partition coefficient (Wildman–Crippen LogP) is 3.51. The highest BCUT2D eigenvalue weighted by molar-refractivity contribution is 5.85. The van der Waals surface area contributed by atoms with Gasteiger partial charge in [0, 0.05) is 57.9 Å². The fraction of sp³-hybridized carbons (Fsp3) is 0.360.